The smallest absolute Gasteiger partial charge is 0.346 e. The Morgan fingerprint density at radius 1 is 0.943 bits per heavy atom. The molecule has 2 heterocycles. The number of benzene rings is 3. The van der Waals surface area contributed by atoms with E-state index in [0.29, 0.717) is 17.1 Å². The number of hydrogen-bond donors (Lipinski definition) is 2. The van der Waals surface area contributed by atoms with Crippen molar-refractivity contribution in [1.29, 1.82) is 5.26 Å². The lowest BCUT2D eigenvalue weighted by Gasteiger charge is -2.39. The summed E-state index contributed by atoms with van der Waals surface area (Å²) in [5.41, 5.74) is 0.475. The lowest BCUT2D eigenvalue weighted by atomic mass is 9.79. The van der Waals surface area contributed by atoms with Crippen molar-refractivity contribution in [2.24, 2.45) is 0 Å². The van der Waals surface area contributed by atoms with Gasteiger partial charge in [0.25, 0.3) is 5.56 Å². The number of ether oxygens (including phenoxy) is 4. The molecule has 5 rings (SSSR count). The Hall–Kier alpha value is -4.34. The molecule has 4 aromatic rings. The normalized spacial score (nSPS) is 18.6. The van der Waals surface area contributed by atoms with E-state index >= 15 is 0 Å². The molecule has 1 aliphatic rings. The first-order valence-corrected chi connectivity index (χ1v) is 19.6. The number of aryl methyl sites for hydroxylation is 1. The number of nitriles is 1. The molecule has 0 radical (unpaired) electrons. The predicted molar refractivity (Wildman–Crippen MR) is 204 cm³/mol. The maximum atomic E-state index is 13.2. The van der Waals surface area contributed by atoms with Gasteiger partial charge in [-0.25, -0.2) is 9.69 Å². The molecule has 3 aromatic carbocycles. The minimum absolute atomic E-state index is 0.0742. The maximum Gasteiger partial charge on any atom is 0.346 e. The number of aromatic nitrogens is 2. The lowest BCUT2D eigenvalue weighted by Crippen LogP contribution is -2.42. The zero-order valence-electron chi connectivity index (χ0n) is 31.4. The fraction of sp³-hybridized carbons (Fsp3) is 0.425. The minimum atomic E-state index is -3.31. The van der Waals surface area contributed by atoms with Crippen LogP contribution < -0.4 is 20.7 Å². The molecule has 53 heavy (non-hydrogen) atoms. The van der Waals surface area contributed by atoms with Crippen LogP contribution in [0.25, 0.3) is 0 Å². The molecule has 0 amide bonds. The van der Waals surface area contributed by atoms with Gasteiger partial charge >= 0.3 is 13.6 Å². The zero-order valence-corrected chi connectivity index (χ0v) is 32.3. The van der Waals surface area contributed by atoms with E-state index in [2.05, 4.69) is 11.1 Å². The van der Waals surface area contributed by atoms with Gasteiger partial charge in [0.1, 0.15) is 42.2 Å². The van der Waals surface area contributed by atoms with Crippen molar-refractivity contribution < 1.29 is 28.4 Å². The average Bonchev–Trinajstić information content (AvgIpc) is 3.55. The number of methoxy groups -OCH3 is 2. The van der Waals surface area contributed by atoms with Crippen molar-refractivity contribution in [3.8, 4) is 17.6 Å². The highest BCUT2D eigenvalue weighted by Crippen LogP contribution is 2.62. The molecule has 0 spiro atoms. The highest BCUT2D eigenvalue weighted by Gasteiger charge is 2.52. The van der Waals surface area contributed by atoms with Crippen LogP contribution >= 0.6 is 7.87 Å². The van der Waals surface area contributed by atoms with Gasteiger partial charge in [-0.2, -0.15) is 9.79 Å². The van der Waals surface area contributed by atoms with Crippen LogP contribution in [0.15, 0.2) is 94.6 Å². The summed E-state index contributed by atoms with van der Waals surface area (Å²) in [6.45, 7) is 9.46. The topological polar surface area (TPSA) is 148 Å². The van der Waals surface area contributed by atoms with E-state index in [4.69, 9.17) is 23.5 Å². The Kier molecular flexibility index (Phi) is 12.9. The van der Waals surface area contributed by atoms with Crippen molar-refractivity contribution in [2.75, 3.05) is 27.0 Å². The molecule has 1 aromatic heterocycles. The molecule has 0 saturated carbocycles. The van der Waals surface area contributed by atoms with Crippen LogP contribution in [0.4, 0.5) is 0 Å². The quantitative estimate of drug-likeness (QED) is 0.0985. The molecular formula is C40H50N4O8P+. The fourth-order valence-electron chi connectivity index (χ4n) is 7.15. The first-order valence-electron chi connectivity index (χ1n) is 17.8. The number of nitrogens with zero attached hydrogens (tertiary/aromatic N) is 3. The fourth-order valence-corrected chi connectivity index (χ4v) is 9.87. The molecule has 1 aliphatic heterocycles. The molecule has 282 valence electrons. The number of rotatable bonds is 16. The second-order valence-corrected chi connectivity index (χ2v) is 16.2. The van der Waals surface area contributed by atoms with Crippen LogP contribution in [0, 0.1) is 18.3 Å². The monoisotopic (exact) mass is 745 g/mol. The summed E-state index contributed by atoms with van der Waals surface area (Å²) in [7, 11) is -0.0914. The van der Waals surface area contributed by atoms with E-state index in [1.54, 1.807) is 21.1 Å². The second kappa shape index (κ2) is 17.2. The molecular weight excluding hydrogens is 695 g/mol. The van der Waals surface area contributed by atoms with Gasteiger partial charge in [-0.05, 0) is 75.6 Å². The molecule has 4 unspecified atom stereocenters. The van der Waals surface area contributed by atoms with E-state index < -0.39 is 43.2 Å². The van der Waals surface area contributed by atoms with Crippen LogP contribution in [-0.2, 0) is 19.6 Å². The SMILES string of the molecule is COc1ccc(C(OC2CC(n3cc(C)c(=O)[nH]c3=O)OC2CO[P+](O)(CCC#N)N(C(C)C)C(C)C)(c2ccccc2)c2ccc(OC)cc2)cc1. The van der Waals surface area contributed by atoms with Crippen LogP contribution in [-0.4, -0.2) is 70.4 Å². The average molecular weight is 746 g/mol. The van der Waals surface area contributed by atoms with Crippen molar-refractivity contribution in [3.63, 3.8) is 0 Å². The van der Waals surface area contributed by atoms with E-state index in [9.17, 15) is 19.7 Å². The molecule has 4 atom stereocenters. The third-order valence-electron chi connectivity index (χ3n) is 9.52. The largest absolute Gasteiger partial charge is 0.497 e. The van der Waals surface area contributed by atoms with E-state index in [0.717, 1.165) is 16.7 Å². The van der Waals surface area contributed by atoms with Crippen LogP contribution in [0.5, 0.6) is 11.5 Å². The summed E-state index contributed by atoms with van der Waals surface area (Å²) in [6, 6.07) is 27.2. The highest BCUT2D eigenvalue weighted by molar-refractivity contribution is 7.63. The summed E-state index contributed by atoms with van der Waals surface area (Å²) in [5.74, 6) is 1.35. The highest BCUT2D eigenvalue weighted by atomic mass is 31.2. The summed E-state index contributed by atoms with van der Waals surface area (Å²) < 4.78 is 35.0. The Balaban J connectivity index is 1.66. The minimum Gasteiger partial charge on any atom is -0.497 e. The van der Waals surface area contributed by atoms with Gasteiger partial charge in [0.2, 0.25) is 0 Å². The van der Waals surface area contributed by atoms with Crippen LogP contribution in [0.1, 0.15) is 69.0 Å². The number of nitrogens with one attached hydrogen (secondary N) is 1. The third-order valence-corrected chi connectivity index (χ3v) is 12.5. The van der Waals surface area contributed by atoms with E-state index in [1.807, 2.05) is 111 Å². The van der Waals surface area contributed by atoms with Gasteiger partial charge in [-0.15, -0.1) is 4.67 Å². The van der Waals surface area contributed by atoms with Crippen LogP contribution in [0.3, 0.4) is 0 Å². The summed E-state index contributed by atoms with van der Waals surface area (Å²) in [5, 5.41) is 9.52. The second-order valence-electron chi connectivity index (χ2n) is 13.7. The van der Waals surface area contributed by atoms with Crippen molar-refractivity contribution in [3.05, 3.63) is 128 Å². The first-order chi connectivity index (χ1) is 25.4. The molecule has 12 nitrogen and oxygen atoms in total. The van der Waals surface area contributed by atoms with E-state index in [1.165, 1.54) is 10.8 Å². The standard InChI is InChI=1S/C40H49N4O8P/c1-27(2)44(28(3)4)53(47,23-11-22-41)50-26-36-35(24-37(51-36)43-25-29(5)38(45)42-39(43)46)52-40(30-12-9-8-10-13-30,31-14-18-33(48-6)19-15-31)32-16-20-34(49-7)21-17-32/h8-10,12-21,25,27-28,35-37,47H,11,23-24,26H2,1-7H3/p+1. The number of H-pyrrole nitrogens is 1. The summed E-state index contributed by atoms with van der Waals surface area (Å²) in [4.78, 5) is 40.1. The maximum absolute atomic E-state index is 13.2. The number of aromatic amines is 1. The molecule has 0 aliphatic carbocycles. The first kappa shape index (κ1) is 39.9. The Morgan fingerprint density at radius 2 is 1.49 bits per heavy atom. The van der Waals surface area contributed by atoms with Gasteiger partial charge in [-0.3, -0.25) is 14.3 Å². The third kappa shape index (κ3) is 8.57. The molecule has 1 saturated heterocycles. The molecule has 0 bridgehead atoms. The molecule has 1 fully saturated rings. The van der Waals surface area contributed by atoms with Gasteiger partial charge in [0.15, 0.2) is 0 Å². The summed E-state index contributed by atoms with van der Waals surface area (Å²) >= 11 is 0. The Morgan fingerprint density at radius 3 is 2.00 bits per heavy atom. The number of hydrogen-bond acceptors (Lipinski definition) is 10. The van der Waals surface area contributed by atoms with E-state index in [-0.39, 0.29) is 37.7 Å². The molecule has 13 heteroatoms. The van der Waals surface area contributed by atoms with Crippen molar-refractivity contribution in [1.82, 2.24) is 14.2 Å². The Bertz CT molecular complexity index is 1900. The zero-order chi connectivity index (χ0) is 38.3. The Labute approximate surface area is 311 Å². The van der Waals surface area contributed by atoms with Gasteiger partial charge < -0.3 is 18.9 Å². The predicted octanol–water partition coefficient (Wildman–Crippen LogP) is 6.33. The van der Waals surface area contributed by atoms with Gasteiger partial charge in [0.05, 0.1) is 32.8 Å². The van der Waals surface area contributed by atoms with Crippen LogP contribution in [0.2, 0.25) is 0 Å². The molecule has 2 N–H and O–H groups in total. The lowest BCUT2D eigenvalue weighted by molar-refractivity contribution is -0.0978. The van der Waals surface area contributed by atoms with Gasteiger partial charge in [0, 0.05) is 30.3 Å². The van der Waals surface area contributed by atoms with Crippen molar-refractivity contribution >= 4 is 7.87 Å². The van der Waals surface area contributed by atoms with Gasteiger partial charge in [-0.1, -0.05) is 54.6 Å². The van der Waals surface area contributed by atoms with Crippen molar-refractivity contribution in [2.45, 2.75) is 83.6 Å². The summed E-state index contributed by atoms with van der Waals surface area (Å²) in [6.07, 6.45) is -0.424.